The quantitative estimate of drug-likeness (QED) is 0.820. The molecular formula is C10H10BrFN2. The van der Waals surface area contributed by atoms with Gasteiger partial charge in [-0.25, -0.2) is 4.39 Å². The van der Waals surface area contributed by atoms with Gasteiger partial charge in [0.1, 0.15) is 11.7 Å². The highest BCUT2D eigenvalue weighted by Crippen LogP contribution is 2.19. The minimum absolute atomic E-state index is 0.249. The molecule has 2 nitrogen and oxygen atoms in total. The van der Waals surface area contributed by atoms with E-state index in [2.05, 4.69) is 26.2 Å². The molecule has 0 aromatic heterocycles. The van der Waals surface area contributed by atoms with Crippen LogP contribution >= 0.6 is 15.9 Å². The first-order chi connectivity index (χ1) is 6.79. The summed E-state index contributed by atoms with van der Waals surface area (Å²) in [5, 5.41) is 3.09. The van der Waals surface area contributed by atoms with Gasteiger partial charge in [0, 0.05) is 13.1 Å². The number of nitrogens with one attached hydrogen (secondary N) is 1. The zero-order valence-electron chi connectivity index (χ0n) is 7.56. The molecule has 1 heterocycles. The Morgan fingerprint density at radius 3 is 3.00 bits per heavy atom. The van der Waals surface area contributed by atoms with Crippen molar-refractivity contribution in [1.29, 1.82) is 0 Å². The zero-order chi connectivity index (χ0) is 9.97. The van der Waals surface area contributed by atoms with Crippen LogP contribution in [-0.2, 0) is 0 Å². The SMILES string of the molecule is Fc1c(Br)cccc1C1=NCCCN1. The van der Waals surface area contributed by atoms with E-state index in [1.54, 1.807) is 18.2 Å². The lowest BCUT2D eigenvalue weighted by Crippen LogP contribution is -2.30. The van der Waals surface area contributed by atoms with Crippen molar-refractivity contribution in [3.8, 4) is 0 Å². The Bertz CT molecular complexity index is 376. The highest BCUT2D eigenvalue weighted by Gasteiger charge is 2.13. The summed E-state index contributed by atoms with van der Waals surface area (Å²) in [6.45, 7) is 1.64. The standard InChI is InChI=1S/C10H10BrFN2/c11-8-4-1-3-7(9(8)12)10-13-5-2-6-14-10/h1,3-4H,2,5-6H2,(H,13,14). The van der Waals surface area contributed by atoms with Gasteiger partial charge in [-0.15, -0.1) is 0 Å². The van der Waals surface area contributed by atoms with E-state index in [1.807, 2.05) is 0 Å². The maximum absolute atomic E-state index is 13.6. The molecule has 0 unspecified atom stereocenters. The highest BCUT2D eigenvalue weighted by atomic mass is 79.9. The van der Waals surface area contributed by atoms with Crippen LogP contribution in [0.4, 0.5) is 4.39 Å². The summed E-state index contributed by atoms with van der Waals surface area (Å²) in [5.41, 5.74) is 0.541. The van der Waals surface area contributed by atoms with E-state index in [1.165, 1.54) is 0 Å². The molecule has 1 aliphatic rings. The number of rotatable bonds is 1. The van der Waals surface area contributed by atoms with E-state index in [-0.39, 0.29) is 5.82 Å². The van der Waals surface area contributed by atoms with Gasteiger partial charge in [0.2, 0.25) is 0 Å². The molecule has 0 saturated heterocycles. The van der Waals surface area contributed by atoms with Crippen molar-refractivity contribution in [2.75, 3.05) is 13.1 Å². The van der Waals surface area contributed by atoms with Crippen molar-refractivity contribution in [2.45, 2.75) is 6.42 Å². The van der Waals surface area contributed by atoms with E-state index < -0.39 is 0 Å². The van der Waals surface area contributed by atoms with Gasteiger partial charge in [0.15, 0.2) is 0 Å². The summed E-state index contributed by atoms with van der Waals surface area (Å²) in [7, 11) is 0. The minimum atomic E-state index is -0.249. The molecule has 0 spiro atoms. The van der Waals surface area contributed by atoms with Crippen LogP contribution in [0.5, 0.6) is 0 Å². The van der Waals surface area contributed by atoms with Crippen LogP contribution in [0.1, 0.15) is 12.0 Å². The molecule has 2 rings (SSSR count). The predicted octanol–water partition coefficient (Wildman–Crippen LogP) is 2.33. The molecule has 74 valence electrons. The summed E-state index contributed by atoms with van der Waals surface area (Å²) in [4.78, 5) is 4.25. The van der Waals surface area contributed by atoms with Gasteiger partial charge < -0.3 is 5.32 Å². The lowest BCUT2D eigenvalue weighted by molar-refractivity contribution is 0.615. The van der Waals surface area contributed by atoms with Crippen molar-refractivity contribution in [2.24, 2.45) is 4.99 Å². The van der Waals surface area contributed by atoms with E-state index >= 15 is 0 Å². The molecule has 0 fully saturated rings. The Labute approximate surface area is 90.4 Å². The molecule has 1 aromatic rings. The molecular weight excluding hydrogens is 247 g/mol. The molecule has 1 aromatic carbocycles. The van der Waals surface area contributed by atoms with E-state index in [9.17, 15) is 4.39 Å². The zero-order valence-corrected chi connectivity index (χ0v) is 9.14. The second kappa shape index (κ2) is 4.09. The van der Waals surface area contributed by atoms with Crippen LogP contribution in [-0.4, -0.2) is 18.9 Å². The van der Waals surface area contributed by atoms with Crippen LogP contribution < -0.4 is 5.32 Å². The Kier molecular flexibility index (Phi) is 2.82. The number of hydrogen-bond acceptors (Lipinski definition) is 2. The molecule has 0 saturated carbocycles. The number of benzene rings is 1. The molecule has 1 aliphatic heterocycles. The highest BCUT2D eigenvalue weighted by molar-refractivity contribution is 9.10. The van der Waals surface area contributed by atoms with E-state index in [0.717, 1.165) is 19.5 Å². The number of nitrogens with zero attached hydrogens (tertiary/aromatic N) is 1. The van der Waals surface area contributed by atoms with Crippen molar-refractivity contribution < 1.29 is 4.39 Å². The number of aliphatic imine (C=N–C) groups is 1. The Morgan fingerprint density at radius 1 is 1.43 bits per heavy atom. The van der Waals surface area contributed by atoms with Crippen LogP contribution in [0.25, 0.3) is 0 Å². The van der Waals surface area contributed by atoms with Crippen molar-refractivity contribution in [3.63, 3.8) is 0 Å². The fourth-order valence-electron chi connectivity index (χ4n) is 1.40. The second-order valence-electron chi connectivity index (χ2n) is 3.11. The third kappa shape index (κ3) is 1.80. The second-order valence-corrected chi connectivity index (χ2v) is 3.97. The van der Waals surface area contributed by atoms with Crippen LogP contribution in [0.2, 0.25) is 0 Å². The maximum Gasteiger partial charge on any atom is 0.148 e. The first-order valence-corrected chi connectivity index (χ1v) is 5.31. The lowest BCUT2D eigenvalue weighted by atomic mass is 10.1. The number of halogens is 2. The molecule has 0 bridgehead atoms. The Morgan fingerprint density at radius 2 is 2.29 bits per heavy atom. The van der Waals surface area contributed by atoms with Crippen LogP contribution in [0.3, 0.4) is 0 Å². The van der Waals surface area contributed by atoms with Gasteiger partial charge in [-0.05, 0) is 34.5 Å². The minimum Gasteiger partial charge on any atom is -0.370 e. The molecule has 14 heavy (non-hydrogen) atoms. The lowest BCUT2D eigenvalue weighted by Gasteiger charge is -2.15. The van der Waals surface area contributed by atoms with Gasteiger partial charge in [0.05, 0.1) is 10.0 Å². The van der Waals surface area contributed by atoms with Crippen molar-refractivity contribution in [1.82, 2.24) is 5.32 Å². The van der Waals surface area contributed by atoms with Gasteiger partial charge in [0.25, 0.3) is 0 Å². The summed E-state index contributed by atoms with van der Waals surface area (Å²) in [6.07, 6.45) is 1.01. The first kappa shape index (κ1) is 9.65. The molecule has 0 amide bonds. The monoisotopic (exact) mass is 256 g/mol. The first-order valence-electron chi connectivity index (χ1n) is 4.52. The molecule has 1 N–H and O–H groups in total. The summed E-state index contributed by atoms with van der Waals surface area (Å²) in [5.74, 6) is 0.413. The van der Waals surface area contributed by atoms with Crippen LogP contribution in [0, 0.1) is 5.82 Å². The number of hydrogen-bond donors (Lipinski definition) is 1. The maximum atomic E-state index is 13.6. The smallest absolute Gasteiger partial charge is 0.148 e. The summed E-state index contributed by atoms with van der Waals surface area (Å²) >= 11 is 3.15. The van der Waals surface area contributed by atoms with E-state index in [0.29, 0.717) is 15.9 Å². The summed E-state index contributed by atoms with van der Waals surface area (Å²) < 4.78 is 14.1. The molecule has 0 atom stereocenters. The van der Waals surface area contributed by atoms with Gasteiger partial charge in [-0.3, -0.25) is 4.99 Å². The average Bonchev–Trinajstić information content (AvgIpc) is 2.23. The Balaban J connectivity index is 2.40. The van der Waals surface area contributed by atoms with Crippen molar-refractivity contribution in [3.05, 3.63) is 34.1 Å². The topological polar surface area (TPSA) is 24.4 Å². The molecule has 0 radical (unpaired) electrons. The fraction of sp³-hybridized carbons (Fsp3) is 0.300. The van der Waals surface area contributed by atoms with Gasteiger partial charge >= 0.3 is 0 Å². The van der Waals surface area contributed by atoms with Gasteiger partial charge in [-0.2, -0.15) is 0 Å². The number of amidine groups is 1. The third-order valence-corrected chi connectivity index (χ3v) is 2.72. The average molecular weight is 257 g/mol. The normalized spacial score (nSPS) is 16.0. The Hall–Kier alpha value is -0.900. The van der Waals surface area contributed by atoms with E-state index in [4.69, 9.17) is 0 Å². The predicted molar refractivity (Wildman–Crippen MR) is 58.1 cm³/mol. The third-order valence-electron chi connectivity index (χ3n) is 2.10. The molecule has 4 heteroatoms. The van der Waals surface area contributed by atoms with Crippen molar-refractivity contribution >= 4 is 21.8 Å². The fourth-order valence-corrected chi connectivity index (χ4v) is 1.77. The summed E-state index contributed by atoms with van der Waals surface area (Å²) in [6, 6.07) is 5.22. The van der Waals surface area contributed by atoms with Crippen LogP contribution in [0.15, 0.2) is 27.7 Å². The molecule has 0 aliphatic carbocycles. The largest absolute Gasteiger partial charge is 0.370 e. The van der Waals surface area contributed by atoms with Gasteiger partial charge in [-0.1, -0.05) is 6.07 Å².